The fraction of sp³-hybridized carbons (Fsp3) is 0.105. The molecule has 0 heterocycles. The van der Waals surface area contributed by atoms with Gasteiger partial charge >= 0.3 is 0 Å². The van der Waals surface area contributed by atoms with Crippen LogP contribution in [0.25, 0.3) is 10.8 Å². The Morgan fingerprint density at radius 1 is 0.957 bits per heavy atom. The summed E-state index contributed by atoms with van der Waals surface area (Å²) < 4.78 is 0. The van der Waals surface area contributed by atoms with Crippen LogP contribution in [0, 0.1) is 0 Å². The van der Waals surface area contributed by atoms with Crippen molar-refractivity contribution in [3.8, 4) is 0 Å². The fourth-order valence-electron chi connectivity index (χ4n) is 2.70. The molecule has 3 aromatic carbocycles. The van der Waals surface area contributed by atoms with Crippen molar-refractivity contribution in [3.05, 3.63) is 77.4 Å². The van der Waals surface area contributed by atoms with E-state index in [0.717, 1.165) is 21.9 Å². The van der Waals surface area contributed by atoms with Crippen LogP contribution in [0.2, 0.25) is 0 Å². The summed E-state index contributed by atoms with van der Waals surface area (Å²) in [5, 5.41) is 5.26. The number of benzene rings is 3. The van der Waals surface area contributed by atoms with Gasteiger partial charge in [0.2, 0.25) is 0 Å². The Morgan fingerprint density at radius 2 is 1.74 bits per heavy atom. The lowest BCUT2D eigenvalue weighted by molar-refractivity contribution is 0.0950. The summed E-state index contributed by atoms with van der Waals surface area (Å²) in [5.74, 6) is -0.161. The SMILES string of the molecule is NCc1ccc(N)cc1C(=O)NCc1cccc2ccccc12. The van der Waals surface area contributed by atoms with Gasteiger partial charge < -0.3 is 16.8 Å². The summed E-state index contributed by atoms with van der Waals surface area (Å²) in [5.41, 5.74) is 14.4. The van der Waals surface area contributed by atoms with Gasteiger partial charge in [-0.25, -0.2) is 0 Å². The normalized spacial score (nSPS) is 10.7. The highest BCUT2D eigenvalue weighted by Crippen LogP contribution is 2.19. The molecule has 5 N–H and O–H groups in total. The Bertz CT molecular complexity index is 853. The van der Waals surface area contributed by atoms with Crippen molar-refractivity contribution in [2.75, 3.05) is 5.73 Å². The summed E-state index contributed by atoms with van der Waals surface area (Å²) in [7, 11) is 0. The third kappa shape index (κ3) is 3.17. The number of amides is 1. The van der Waals surface area contributed by atoms with E-state index >= 15 is 0 Å². The average molecular weight is 305 g/mol. The Kier molecular flexibility index (Phi) is 4.26. The lowest BCUT2D eigenvalue weighted by Crippen LogP contribution is -2.24. The molecule has 0 spiro atoms. The number of nitrogens with one attached hydrogen (secondary N) is 1. The van der Waals surface area contributed by atoms with Crippen molar-refractivity contribution in [1.82, 2.24) is 5.32 Å². The second kappa shape index (κ2) is 6.50. The average Bonchev–Trinajstić information content (AvgIpc) is 2.59. The van der Waals surface area contributed by atoms with E-state index in [2.05, 4.69) is 23.5 Å². The molecule has 3 rings (SSSR count). The number of carbonyl (C=O) groups is 1. The van der Waals surface area contributed by atoms with E-state index in [0.29, 0.717) is 24.3 Å². The topological polar surface area (TPSA) is 81.1 Å². The standard InChI is InChI=1S/C19H19N3O/c20-11-14-8-9-16(21)10-18(14)19(23)22-12-15-6-3-5-13-4-1-2-7-17(13)15/h1-10H,11-12,20-21H2,(H,22,23). The van der Waals surface area contributed by atoms with Gasteiger partial charge in [0.15, 0.2) is 0 Å². The quantitative estimate of drug-likeness (QED) is 0.648. The molecule has 0 saturated carbocycles. The zero-order valence-corrected chi connectivity index (χ0v) is 12.8. The van der Waals surface area contributed by atoms with E-state index in [1.807, 2.05) is 24.3 Å². The number of hydrogen-bond acceptors (Lipinski definition) is 3. The molecule has 0 aromatic heterocycles. The minimum absolute atomic E-state index is 0.161. The Labute approximate surface area is 135 Å². The maximum atomic E-state index is 12.5. The molecule has 116 valence electrons. The molecule has 3 aromatic rings. The summed E-state index contributed by atoms with van der Waals surface area (Å²) in [4.78, 5) is 12.5. The summed E-state index contributed by atoms with van der Waals surface area (Å²) in [6.07, 6.45) is 0. The molecule has 4 nitrogen and oxygen atoms in total. The van der Waals surface area contributed by atoms with E-state index in [1.54, 1.807) is 18.2 Å². The second-order valence-corrected chi connectivity index (χ2v) is 5.44. The minimum atomic E-state index is -0.161. The third-order valence-corrected chi connectivity index (χ3v) is 3.92. The van der Waals surface area contributed by atoms with Gasteiger partial charge in [-0.05, 0) is 34.0 Å². The molecule has 0 radical (unpaired) electrons. The molecule has 0 fully saturated rings. The highest BCUT2D eigenvalue weighted by Gasteiger charge is 2.11. The molecule has 0 aliphatic carbocycles. The number of carbonyl (C=O) groups excluding carboxylic acids is 1. The van der Waals surface area contributed by atoms with Gasteiger partial charge in [-0.3, -0.25) is 4.79 Å². The maximum Gasteiger partial charge on any atom is 0.251 e. The van der Waals surface area contributed by atoms with Crippen LogP contribution < -0.4 is 16.8 Å². The van der Waals surface area contributed by atoms with Crippen molar-refractivity contribution < 1.29 is 4.79 Å². The predicted molar refractivity (Wildman–Crippen MR) is 93.9 cm³/mol. The van der Waals surface area contributed by atoms with E-state index in [1.165, 1.54) is 0 Å². The lowest BCUT2D eigenvalue weighted by atomic mass is 10.0. The number of anilines is 1. The van der Waals surface area contributed by atoms with Gasteiger partial charge in [-0.1, -0.05) is 48.5 Å². The molecular weight excluding hydrogens is 286 g/mol. The van der Waals surface area contributed by atoms with Crippen molar-refractivity contribution in [3.63, 3.8) is 0 Å². The summed E-state index contributed by atoms with van der Waals surface area (Å²) >= 11 is 0. The Morgan fingerprint density at radius 3 is 2.57 bits per heavy atom. The van der Waals surface area contributed by atoms with Crippen LogP contribution in [0.15, 0.2) is 60.7 Å². The van der Waals surface area contributed by atoms with Crippen molar-refractivity contribution in [2.45, 2.75) is 13.1 Å². The van der Waals surface area contributed by atoms with E-state index in [4.69, 9.17) is 11.5 Å². The third-order valence-electron chi connectivity index (χ3n) is 3.92. The van der Waals surface area contributed by atoms with Gasteiger partial charge in [0, 0.05) is 24.3 Å². The van der Waals surface area contributed by atoms with E-state index < -0.39 is 0 Å². The number of nitrogen functional groups attached to an aromatic ring is 1. The minimum Gasteiger partial charge on any atom is -0.399 e. The van der Waals surface area contributed by atoms with Gasteiger partial charge in [-0.2, -0.15) is 0 Å². The number of nitrogens with two attached hydrogens (primary N) is 2. The monoisotopic (exact) mass is 305 g/mol. The molecule has 23 heavy (non-hydrogen) atoms. The maximum absolute atomic E-state index is 12.5. The summed E-state index contributed by atoms with van der Waals surface area (Å²) in [6, 6.07) is 19.4. The molecule has 0 aliphatic heterocycles. The number of hydrogen-bond donors (Lipinski definition) is 3. The smallest absolute Gasteiger partial charge is 0.251 e. The lowest BCUT2D eigenvalue weighted by Gasteiger charge is -2.11. The first-order valence-electron chi connectivity index (χ1n) is 7.52. The molecule has 0 unspecified atom stereocenters. The van der Waals surface area contributed by atoms with Crippen molar-refractivity contribution >= 4 is 22.4 Å². The number of rotatable bonds is 4. The van der Waals surface area contributed by atoms with Gasteiger partial charge in [0.25, 0.3) is 5.91 Å². The molecule has 4 heteroatoms. The fourth-order valence-corrected chi connectivity index (χ4v) is 2.70. The number of fused-ring (bicyclic) bond motifs is 1. The van der Waals surface area contributed by atoms with Crippen LogP contribution in [0.3, 0.4) is 0 Å². The zero-order chi connectivity index (χ0) is 16.2. The molecule has 0 bridgehead atoms. The van der Waals surface area contributed by atoms with Gasteiger partial charge in [-0.15, -0.1) is 0 Å². The molecule has 0 atom stereocenters. The predicted octanol–water partition coefficient (Wildman–Crippen LogP) is 2.81. The van der Waals surface area contributed by atoms with Crippen molar-refractivity contribution in [2.24, 2.45) is 5.73 Å². The van der Waals surface area contributed by atoms with Crippen LogP contribution in [0.1, 0.15) is 21.5 Å². The summed E-state index contributed by atoms with van der Waals surface area (Å²) in [6.45, 7) is 0.760. The Hall–Kier alpha value is -2.85. The van der Waals surface area contributed by atoms with Crippen LogP contribution >= 0.6 is 0 Å². The van der Waals surface area contributed by atoms with E-state index in [-0.39, 0.29) is 5.91 Å². The van der Waals surface area contributed by atoms with Crippen LogP contribution in [-0.4, -0.2) is 5.91 Å². The Balaban J connectivity index is 1.83. The van der Waals surface area contributed by atoms with Crippen LogP contribution in [-0.2, 0) is 13.1 Å². The second-order valence-electron chi connectivity index (χ2n) is 5.44. The largest absolute Gasteiger partial charge is 0.399 e. The molecule has 0 saturated heterocycles. The molecule has 1 amide bonds. The van der Waals surface area contributed by atoms with Crippen LogP contribution in [0.5, 0.6) is 0 Å². The van der Waals surface area contributed by atoms with E-state index in [9.17, 15) is 4.79 Å². The van der Waals surface area contributed by atoms with Gasteiger partial charge in [0.05, 0.1) is 0 Å². The highest BCUT2D eigenvalue weighted by molar-refractivity contribution is 5.97. The highest BCUT2D eigenvalue weighted by atomic mass is 16.1. The first-order chi connectivity index (χ1) is 11.2. The van der Waals surface area contributed by atoms with Gasteiger partial charge in [0.1, 0.15) is 0 Å². The molecular formula is C19H19N3O. The van der Waals surface area contributed by atoms with Crippen LogP contribution in [0.4, 0.5) is 5.69 Å². The van der Waals surface area contributed by atoms with Crippen molar-refractivity contribution in [1.29, 1.82) is 0 Å². The zero-order valence-electron chi connectivity index (χ0n) is 12.8. The first-order valence-corrected chi connectivity index (χ1v) is 7.52. The molecule has 0 aliphatic rings. The first kappa shape index (κ1) is 15.1.